The van der Waals surface area contributed by atoms with Gasteiger partial charge in [-0.2, -0.15) is 43.9 Å². The van der Waals surface area contributed by atoms with Crippen LogP contribution in [0.4, 0.5) is 43.9 Å². The summed E-state index contributed by atoms with van der Waals surface area (Å²) in [7, 11) is -30.7. The van der Waals surface area contributed by atoms with Crippen molar-refractivity contribution in [1.29, 1.82) is 0 Å². The molecule has 0 saturated carbocycles. The van der Waals surface area contributed by atoms with E-state index >= 15 is 0 Å². The lowest BCUT2D eigenvalue weighted by Gasteiger charge is -2.43. The van der Waals surface area contributed by atoms with Gasteiger partial charge in [-0.05, 0) is 139 Å². The number of alkyl halides is 10. The first-order valence-electron chi connectivity index (χ1n) is 20.3. The standard InChI is InChI=1S/C36H56F10O15S2Si6/c1-64(2,23-21-25-13-17-27(18-14-25)29(47)55-31(33(37,38)39)35(43,44)62(49,50)51)57-66(5,6)59-68(9,10)61-69(11,12)60-67(7,8)58-65(3,4)24-22-26-15-19-28(20-16-26)30(48)56-32(34(40,41)42)36(45,46)63(52,53)54/h13-20,31-32H,21-24H2,1-12H3,(H,49,50,51)(H,52,53,54)/p-2. The number of hydrogen-bond acceptors (Lipinski definition) is 15. The highest BCUT2D eigenvalue weighted by atomic mass is 32.2. The van der Waals surface area contributed by atoms with Crippen LogP contribution < -0.4 is 0 Å². The fourth-order valence-electron chi connectivity index (χ4n) is 7.06. The summed E-state index contributed by atoms with van der Waals surface area (Å²) in [5.41, 5.74) is -0.0645. The molecule has 2 aromatic rings. The van der Waals surface area contributed by atoms with Crippen molar-refractivity contribution in [2.45, 2.75) is 139 Å². The van der Waals surface area contributed by atoms with E-state index in [-0.39, 0.29) is 0 Å². The van der Waals surface area contributed by atoms with Gasteiger partial charge < -0.3 is 39.2 Å². The highest BCUT2D eigenvalue weighted by Crippen LogP contribution is 2.40. The lowest BCUT2D eigenvalue weighted by atomic mass is 10.1. The van der Waals surface area contributed by atoms with Crippen molar-refractivity contribution in [1.82, 2.24) is 0 Å². The zero-order valence-corrected chi connectivity index (χ0v) is 47.0. The fraction of sp³-hybridized carbons (Fsp3) is 0.611. The predicted octanol–water partition coefficient (Wildman–Crippen LogP) is 9.22. The Labute approximate surface area is 400 Å². The zero-order chi connectivity index (χ0) is 54.1. The van der Waals surface area contributed by atoms with Gasteiger partial charge in [0.25, 0.3) is 12.2 Å². The lowest BCUT2D eigenvalue weighted by Crippen LogP contribution is -2.60. The van der Waals surface area contributed by atoms with Crippen LogP contribution in [0.2, 0.25) is 90.7 Å². The van der Waals surface area contributed by atoms with E-state index in [4.69, 9.17) is 20.6 Å². The van der Waals surface area contributed by atoms with Gasteiger partial charge in [0.15, 0.2) is 36.9 Å². The summed E-state index contributed by atoms with van der Waals surface area (Å²) >= 11 is 0. The Balaban J connectivity index is 2.01. The molecule has 0 radical (unpaired) electrons. The number of benzene rings is 2. The number of halogens is 10. The second-order valence-electron chi connectivity index (χ2n) is 18.7. The third-order valence-electron chi connectivity index (χ3n) is 9.25. The Hall–Kier alpha value is -2.40. The van der Waals surface area contributed by atoms with Crippen LogP contribution in [-0.4, -0.2) is 124 Å². The maximum Gasteiger partial charge on any atom is 0.432 e. The molecule has 69 heavy (non-hydrogen) atoms. The molecule has 0 fully saturated rings. The molecule has 0 amide bonds. The molecule has 15 nitrogen and oxygen atoms in total. The molecule has 0 aliphatic rings. The van der Waals surface area contributed by atoms with Gasteiger partial charge in [-0.25, -0.2) is 26.4 Å². The average molecular weight is 1150 g/mol. The van der Waals surface area contributed by atoms with Gasteiger partial charge in [-0.1, -0.05) is 24.3 Å². The summed E-state index contributed by atoms with van der Waals surface area (Å²) in [6.07, 6.45) is -20.5. The molecule has 2 unspecified atom stereocenters. The summed E-state index contributed by atoms with van der Waals surface area (Å²) in [6.45, 7) is 22.4. The lowest BCUT2D eigenvalue weighted by molar-refractivity contribution is -0.248. The van der Waals surface area contributed by atoms with Crippen molar-refractivity contribution < 1.29 is 109 Å². The van der Waals surface area contributed by atoms with Crippen LogP contribution in [0.5, 0.6) is 0 Å². The van der Waals surface area contributed by atoms with Crippen molar-refractivity contribution >= 4 is 83.1 Å². The maximum atomic E-state index is 13.8. The molecule has 0 heterocycles. The van der Waals surface area contributed by atoms with Gasteiger partial charge >= 0.3 is 69.0 Å². The predicted molar refractivity (Wildman–Crippen MR) is 240 cm³/mol. The van der Waals surface area contributed by atoms with Crippen LogP contribution in [0.1, 0.15) is 31.8 Å². The van der Waals surface area contributed by atoms with Crippen LogP contribution in [0, 0.1) is 0 Å². The molecule has 0 aromatic heterocycles. The van der Waals surface area contributed by atoms with Gasteiger partial charge in [0.1, 0.15) is 0 Å². The Morgan fingerprint density at radius 3 is 0.913 bits per heavy atom. The monoisotopic (exact) mass is 1150 g/mol. The third kappa shape index (κ3) is 19.2. The Bertz CT molecular complexity index is 2170. The van der Waals surface area contributed by atoms with Gasteiger partial charge in [0.05, 0.1) is 11.1 Å². The number of rotatable bonds is 24. The molecule has 2 rings (SSSR count). The van der Waals surface area contributed by atoms with Gasteiger partial charge in [-0.3, -0.25) is 0 Å². The van der Waals surface area contributed by atoms with E-state index in [9.17, 15) is 79.4 Å². The second kappa shape index (κ2) is 21.6. The zero-order valence-electron chi connectivity index (χ0n) is 39.3. The number of carbonyl (C=O) groups is 2. The highest BCUT2D eigenvalue weighted by molar-refractivity contribution is 7.87. The van der Waals surface area contributed by atoms with Gasteiger partial charge in [0, 0.05) is 0 Å². The maximum absolute atomic E-state index is 13.8. The number of aryl methyl sites for hydroxylation is 2. The second-order valence-corrected chi connectivity index (χ2v) is 44.9. The van der Waals surface area contributed by atoms with Crippen molar-refractivity contribution in [3.8, 4) is 0 Å². The summed E-state index contributed by atoms with van der Waals surface area (Å²) in [4.78, 5) is 24.6. The molecule has 0 N–H and O–H groups in total. The van der Waals surface area contributed by atoms with Gasteiger partial charge in [-0.15, -0.1) is 0 Å². The summed E-state index contributed by atoms with van der Waals surface area (Å²) in [6, 6.07) is 10.3. The first kappa shape index (κ1) is 62.7. The smallest absolute Gasteiger partial charge is 0.432 e. The van der Waals surface area contributed by atoms with Crippen LogP contribution in [-0.2, 0) is 63.1 Å². The number of hydrogen-bond donors (Lipinski definition) is 0. The van der Waals surface area contributed by atoms with Crippen LogP contribution >= 0.6 is 0 Å². The fourth-order valence-corrected chi connectivity index (χ4v) is 37.6. The molecule has 0 bridgehead atoms. The molecule has 0 spiro atoms. The molecule has 0 aliphatic carbocycles. The van der Waals surface area contributed by atoms with E-state index in [1.807, 2.05) is 78.6 Å². The largest absolute Gasteiger partial charge is 0.743 e. The minimum absolute atomic E-state index is 0.354. The van der Waals surface area contributed by atoms with E-state index in [0.29, 0.717) is 36.1 Å². The topological polar surface area (TPSA) is 213 Å². The third-order valence-corrected chi connectivity index (χ3v) is 34.1. The molecule has 2 aromatic carbocycles. The molecule has 2 atom stereocenters. The summed E-state index contributed by atoms with van der Waals surface area (Å²) in [5.74, 6) is -3.87. The number of carbonyl (C=O) groups excluding carboxylic acids is 2. The van der Waals surface area contributed by atoms with E-state index in [1.165, 1.54) is 24.3 Å². The van der Waals surface area contributed by atoms with Gasteiger partial charge in [0.2, 0.25) is 0 Å². The first-order chi connectivity index (χ1) is 30.4. The summed E-state index contributed by atoms with van der Waals surface area (Å²) in [5, 5.41) is -12.0. The minimum atomic E-state index is -6.86. The molecule has 396 valence electrons. The Kier molecular flexibility index (Phi) is 19.6. The average Bonchev–Trinajstić information content (AvgIpc) is 3.10. The highest BCUT2D eigenvalue weighted by Gasteiger charge is 2.64. The quantitative estimate of drug-likeness (QED) is 0.0415. The van der Waals surface area contributed by atoms with E-state index in [0.717, 1.165) is 24.3 Å². The Morgan fingerprint density at radius 1 is 0.464 bits per heavy atom. The van der Waals surface area contributed by atoms with Crippen molar-refractivity contribution in [2.24, 2.45) is 0 Å². The Morgan fingerprint density at radius 2 is 0.696 bits per heavy atom. The van der Waals surface area contributed by atoms with Crippen molar-refractivity contribution in [2.75, 3.05) is 0 Å². The van der Waals surface area contributed by atoms with E-state index in [2.05, 4.69) is 9.47 Å². The number of ether oxygens (including phenoxy) is 2. The SMILES string of the molecule is C[Si](C)(CCc1ccc(C(=O)OC(C(F)(F)F)C(F)(F)S(=O)(=O)[O-])cc1)O[Si](C)(C)O[Si](C)(C)O[Si](C)(C)O[Si](C)(C)O[Si](C)(C)CCc1ccc(C(=O)OC(C(F)(F)F)C(F)(F)S(=O)(=O)[O-])cc1. The van der Waals surface area contributed by atoms with E-state index < -0.39 is 129 Å². The number of esters is 2. The molecular formula is C36H54F10O15S2Si6-2. The van der Waals surface area contributed by atoms with E-state index in [1.54, 1.807) is 0 Å². The van der Waals surface area contributed by atoms with Crippen LogP contribution in [0.15, 0.2) is 48.5 Å². The first-order valence-corrected chi connectivity index (χ1v) is 40.7. The molecular weight excluding hydrogens is 1100 g/mol. The van der Waals surface area contributed by atoms with Crippen molar-refractivity contribution in [3.63, 3.8) is 0 Å². The van der Waals surface area contributed by atoms with Crippen LogP contribution in [0.3, 0.4) is 0 Å². The summed E-state index contributed by atoms with van der Waals surface area (Å²) < 4.78 is 240. The minimum Gasteiger partial charge on any atom is -0.743 e. The molecule has 33 heteroatoms. The molecule has 0 saturated heterocycles. The van der Waals surface area contributed by atoms with Crippen LogP contribution in [0.25, 0.3) is 0 Å². The van der Waals surface area contributed by atoms with Crippen molar-refractivity contribution in [3.05, 3.63) is 70.8 Å². The normalized spacial score (nSPS) is 15.4. The molecule has 0 aliphatic heterocycles.